The Morgan fingerprint density at radius 2 is 1.86 bits per heavy atom. The van der Waals surface area contributed by atoms with Gasteiger partial charge in [-0.3, -0.25) is 4.79 Å². The molecule has 0 bridgehead atoms. The molecular weight excluding hydrogens is 483 g/mol. The van der Waals surface area contributed by atoms with Gasteiger partial charge in [-0.1, -0.05) is 6.07 Å². The molecular formula is C22H20F7N5O. The number of nitrogens with two attached hydrogens (primary N) is 1. The van der Waals surface area contributed by atoms with Gasteiger partial charge in [-0.15, -0.1) is 0 Å². The number of guanidine groups is 1. The molecule has 1 aromatic carbocycles. The summed E-state index contributed by atoms with van der Waals surface area (Å²) in [6.45, 7) is -1.51. The molecule has 0 saturated carbocycles. The van der Waals surface area contributed by atoms with E-state index in [1.165, 1.54) is 30.1 Å². The standard InChI is InChI=1S/C22H20F7N5O/c1-34(16-6-5-15-13(16)3-7-17(32-15)22(27,28)29)18(35)11-2-4-14-12(8-11)9-20(23,24)21(25,26)10-31-19(30)33-14/h2-4,7-8,16H,5-6,9-10H2,1H3,(H3,30,31,33). The second-order valence-corrected chi connectivity index (χ2v) is 8.48. The van der Waals surface area contributed by atoms with Crippen LogP contribution in [0.25, 0.3) is 0 Å². The number of hydrogen-bond acceptors (Lipinski definition) is 5. The Hall–Kier alpha value is -3.38. The minimum absolute atomic E-state index is 0.00193. The molecule has 0 saturated heterocycles. The number of pyridine rings is 1. The van der Waals surface area contributed by atoms with Crippen molar-refractivity contribution in [1.82, 2.24) is 9.88 Å². The van der Waals surface area contributed by atoms with Crippen LogP contribution in [0.5, 0.6) is 0 Å². The summed E-state index contributed by atoms with van der Waals surface area (Å²) in [6.07, 6.45) is -5.44. The Morgan fingerprint density at radius 1 is 1.14 bits per heavy atom. The number of carbonyl (C=O) groups excluding carboxylic acids is 1. The lowest BCUT2D eigenvalue weighted by molar-refractivity contribution is -0.200. The molecule has 1 aliphatic carbocycles. The zero-order valence-corrected chi connectivity index (χ0v) is 18.3. The highest BCUT2D eigenvalue weighted by Gasteiger charge is 2.56. The molecule has 1 amide bonds. The maximum absolute atomic E-state index is 14.4. The Morgan fingerprint density at radius 3 is 2.54 bits per heavy atom. The second kappa shape index (κ2) is 8.38. The van der Waals surface area contributed by atoms with E-state index in [1.807, 2.05) is 0 Å². The fraction of sp³-hybridized carbons (Fsp3) is 0.409. The van der Waals surface area contributed by atoms with Crippen LogP contribution in [0.3, 0.4) is 0 Å². The number of aromatic nitrogens is 1. The van der Waals surface area contributed by atoms with Gasteiger partial charge >= 0.3 is 18.0 Å². The van der Waals surface area contributed by atoms with Crippen LogP contribution in [0.1, 0.15) is 45.3 Å². The summed E-state index contributed by atoms with van der Waals surface area (Å²) in [5.74, 6) is -10.0. The van der Waals surface area contributed by atoms with Crippen molar-refractivity contribution in [2.45, 2.75) is 43.3 Å². The van der Waals surface area contributed by atoms with E-state index in [2.05, 4.69) is 15.3 Å². The molecule has 6 nitrogen and oxygen atoms in total. The summed E-state index contributed by atoms with van der Waals surface area (Å²) in [5, 5.41) is 2.49. The first-order valence-corrected chi connectivity index (χ1v) is 10.5. The van der Waals surface area contributed by atoms with Gasteiger partial charge in [0.2, 0.25) is 0 Å². The lowest BCUT2D eigenvalue weighted by Gasteiger charge is -2.27. The van der Waals surface area contributed by atoms with Gasteiger partial charge in [0.15, 0.2) is 5.96 Å². The number of hydrogen-bond donors (Lipinski definition) is 2. The highest BCUT2D eigenvalue weighted by molar-refractivity contribution is 5.97. The van der Waals surface area contributed by atoms with Crippen molar-refractivity contribution in [3.05, 3.63) is 58.4 Å². The van der Waals surface area contributed by atoms with Crippen LogP contribution < -0.4 is 11.1 Å². The van der Waals surface area contributed by atoms with Crippen molar-refractivity contribution in [1.29, 1.82) is 0 Å². The van der Waals surface area contributed by atoms with Gasteiger partial charge in [-0.2, -0.15) is 30.7 Å². The van der Waals surface area contributed by atoms with E-state index in [0.717, 1.165) is 12.1 Å². The van der Waals surface area contributed by atoms with Crippen LogP contribution in [-0.2, 0) is 19.0 Å². The van der Waals surface area contributed by atoms with Crippen molar-refractivity contribution >= 4 is 17.6 Å². The number of nitrogens with zero attached hydrogens (tertiary/aromatic N) is 3. The lowest BCUT2D eigenvalue weighted by Crippen LogP contribution is -2.44. The van der Waals surface area contributed by atoms with E-state index in [4.69, 9.17) is 5.73 Å². The van der Waals surface area contributed by atoms with Gasteiger partial charge in [-0.25, -0.2) is 9.98 Å². The third kappa shape index (κ3) is 4.63. The van der Waals surface area contributed by atoms with Gasteiger partial charge in [0.25, 0.3) is 5.91 Å². The average Bonchev–Trinajstić information content (AvgIpc) is 3.20. The van der Waals surface area contributed by atoms with Crippen LogP contribution in [0.2, 0.25) is 0 Å². The van der Waals surface area contributed by atoms with Gasteiger partial charge < -0.3 is 16.0 Å². The van der Waals surface area contributed by atoms with E-state index in [9.17, 15) is 35.5 Å². The fourth-order valence-corrected chi connectivity index (χ4v) is 4.19. The van der Waals surface area contributed by atoms with Crippen LogP contribution in [0.15, 0.2) is 35.3 Å². The quantitative estimate of drug-likeness (QED) is 0.595. The van der Waals surface area contributed by atoms with Crippen molar-refractivity contribution in [2.24, 2.45) is 10.7 Å². The molecule has 4 rings (SSSR count). The fourth-order valence-electron chi connectivity index (χ4n) is 4.19. The molecule has 13 heteroatoms. The van der Waals surface area contributed by atoms with Crippen LogP contribution in [-0.4, -0.2) is 47.2 Å². The van der Waals surface area contributed by atoms with Crippen molar-refractivity contribution < 1.29 is 35.5 Å². The number of carbonyl (C=O) groups is 1. The minimum Gasteiger partial charge on any atom is -0.370 e. The number of rotatable bonds is 2. The molecule has 2 aliphatic rings. The summed E-state index contributed by atoms with van der Waals surface area (Å²) < 4.78 is 95.6. The molecule has 1 unspecified atom stereocenters. The SMILES string of the molecule is CN(C(=O)c1ccc2c(c1)CC(F)(F)C(F)(F)CN=C(N)N2)C1CCc2nc(C(F)(F)F)ccc21. The topological polar surface area (TPSA) is 83.6 Å². The van der Waals surface area contributed by atoms with E-state index in [1.54, 1.807) is 0 Å². The number of anilines is 1. The zero-order chi connectivity index (χ0) is 25.8. The van der Waals surface area contributed by atoms with E-state index in [-0.39, 0.29) is 28.9 Å². The zero-order valence-electron chi connectivity index (χ0n) is 18.3. The minimum atomic E-state index is -4.60. The molecule has 2 aromatic rings. The summed E-state index contributed by atoms with van der Waals surface area (Å²) in [6, 6.07) is 5.16. The summed E-state index contributed by atoms with van der Waals surface area (Å²) in [7, 11) is 1.42. The van der Waals surface area contributed by atoms with Crippen LogP contribution in [0.4, 0.5) is 36.4 Å². The third-order valence-corrected chi connectivity index (χ3v) is 6.11. The summed E-state index contributed by atoms with van der Waals surface area (Å²) >= 11 is 0. The molecule has 2 heterocycles. The molecule has 35 heavy (non-hydrogen) atoms. The van der Waals surface area contributed by atoms with Crippen molar-refractivity contribution in [3.63, 3.8) is 0 Å². The first kappa shape index (κ1) is 24.7. The van der Waals surface area contributed by atoms with Crippen LogP contribution >= 0.6 is 0 Å². The molecule has 3 N–H and O–H groups in total. The predicted octanol–water partition coefficient (Wildman–Crippen LogP) is 4.41. The first-order chi connectivity index (χ1) is 16.2. The Kier molecular flexibility index (Phi) is 5.92. The smallest absolute Gasteiger partial charge is 0.370 e. The van der Waals surface area contributed by atoms with E-state index in [0.29, 0.717) is 12.0 Å². The number of aliphatic imine (C=N–C) groups is 1. The number of halogens is 7. The highest BCUT2D eigenvalue weighted by atomic mass is 19.4. The Bertz CT molecular complexity index is 1200. The molecule has 1 aliphatic heterocycles. The number of fused-ring (bicyclic) bond motifs is 2. The predicted molar refractivity (Wildman–Crippen MR) is 113 cm³/mol. The number of benzene rings is 1. The molecule has 188 valence electrons. The van der Waals surface area contributed by atoms with E-state index >= 15 is 0 Å². The first-order valence-electron chi connectivity index (χ1n) is 10.5. The van der Waals surface area contributed by atoms with Crippen molar-refractivity contribution in [3.8, 4) is 0 Å². The number of amides is 1. The highest BCUT2D eigenvalue weighted by Crippen LogP contribution is 2.40. The van der Waals surface area contributed by atoms with Gasteiger partial charge in [-0.05, 0) is 48.2 Å². The molecule has 0 radical (unpaired) electrons. The maximum Gasteiger partial charge on any atom is 0.433 e. The Balaban J connectivity index is 1.63. The monoisotopic (exact) mass is 503 g/mol. The van der Waals surface area contributed by atoms with Gasteiger partial charge in [0.1, 0.15) is 12.2 Å². The number of aryl methyl sites for hydroxylation is 1. The van der Waals surface area contributed by atoms with Crippen LogP contribution in [0, 0.1) is 0 Å². The number of alkyl halides is 7. The molecule has 1 aromatic heterocycles. The molecule has 0 fully saturated rings. The largest absolute Gasteiger partial charge is 0.433 e. The Labute approximate surface area is 195 Å². The van der Waals surface area contributed by atoms with E-state index < -0.39 is 54.6 Å². The second-order valence-electron chi connectivity index (χ2n) is 8.48. The number of nitrogens with one attached hydrogen (secondary N) is 1. The van der Waals surface area contributed by atoms with Gasteiger partial charge in [0, 0.05) is 30.4 Å². The maximum atomic E-state index is 14.4. The molecule has 0 spiro atoms. The normalized spacial score (nSPS) is 20.9. The molecule has 1 atom stereocenters. The average molecular weight is 503 g/mol. The van der Waals surface area contributed by atoms with Crippen molar-refractivity contribution in [2.75, 3.05) is 18.9 Å². The lowest BCUT2D eigenvalue weighted by atomic mass is 9.98. The van der Waals surface area contributed by atoms with Gasteiger partial charge in [0.05, 0.1) is 6.04 Å². The summed E-state index contributed by atoms with van der Waals surface area (Å²) in [4.78, 5) is 21.4. The third-order valence-electron chi connectivity index (χ3n) is 6.11. The summed E-state index contributed by atoms with van der Waals surface area (Å²) in [5.41, 5.74) is 4.83.